The van der Waals surface area contributed by atoms with Gasteiger partial charge in [0.1, 0.15) is 11.6 Å². The molecule has 146 valence electrons. The molecule has 0 fully saturated rings. The molecule has 0 atom stereocenters. The van der Waals surface area contributed by atoms with Crippen molar-refractivity contribution >= 4 is 5.96 Å². The fourth-order valence-corrected chi connectivity index (χ4v) is 2.43. The maximum atomic E-state index is 13.0. The Morgan fingerprint density at radius 3 is 2.59 bits per heavy atom. The molecule has 0 aliphatic rings. The second-order valence-electron chi connectivity index (χ2n) is 6.02. The number of nitrogens with zero attached hydrogens (tertiary/aromatic N) is 1. The lowest BCUT2D eigenvalue weighted by Crippen LogP contribution is -2.36. The standard InChI is InChI=1S/C21H28FN3O2/c1-3-23-21(24-15-17-8-10-19(22)11-9-17)25-16-18-6-4-7-20(14-18)27-13-5-12-26-2/h4,6-11,14H,3,5,12-13,15-16H2,1-2H3,(H2,23,24,25). The van der Waals surface area contributed by atoms with Gasteiger partial charge in [0.25, 0.3) is 0 Å². The Kier molecular flexibility index (Phi) is 9.13. The van der Waals surface area contributed by atoms with Gasteiger partial charge < -0.3 is 20.1 Å². The van der Waals surface area contributed by atoms with Gasteiger partial charge in [0.15, 0.2) is 5.96 Å². The molecule has 0 unspecified atom stereocenters. The van der Waals surface area contributed by atoms with Crippen LogP contribution in [0, 0.1) is 5.82 Å². The number of rotatable bonds is 10. The first-order chi connectivity index (χ1) is 13.2. The van der Waals surface area contributed by atoms with Crippen LogP contribution in [0.4, 0.5) is 4.39 Å². The Bertz CT molecular complexity index is 705. The van der Waals surface area contributed by atoms with Crippen LogP contribution in [0.1, 0.15) is 24.5 Å². The lowest BCUT2D eigenvalue weighted by molar-refractivity contribution is 0.172. The van der Waals surface area contributed by atoms with Gasteiger partial charge in [0, 0.05) is 33.2 Å². The summed E-state index contributed by atoms with van der Waals surface area (Å²) in [5.74, 6) is 1.32. The van der Waals surface area contributed by atoms with Crippen LogP contribution >= 0.6 is 0 Å². The second-order valence-corrected chi connectivity index (χ2v) is 6.02. The van der Waals surface area contributed by atoms with Crippen molar-refractivity contribution in [1.82, 2.24) is 10.6 Å². The third-order valence-electron chi connectivity index (χ3n) is 3.80. The minimum Gasteiger partial charge on any atom is -0.493 e. The molecule has 6 heteroatoms. The van der Waals surface area contributed by atoms with Crippen LogP contribution < -0.4 is 15.4 Å². The number of guanidine groups is 1. The molecule has 0 radical (unpaired) electrons. The fourth-order valence-electron chi connectivity index (χ4n) is 2.43. The van der Waals surface area contributed by atoms with E-state index in [9.17, 15) is 4.39 Å². The summed E-state index contributed by atoms with van der Waals surface area (Å²) >= 11 is 0. The van der Waals surface area contributed by atoms with Crippen molar-refractivity contribution < 1.29 is 13.9 Å². The van der Waals surface area contributed by atoms with E-state index in [1.165, 1.54) is 12.1 Å². The van der Waals surface area contributed by atoms with Crippen molar-refractivity contribution in [1.29, 1.82) is 0 Å². The third kappa shape index (κ3) is 8.09. The maximum Gasteiger partial charge on any atom is 0.191 e. The van der Waals surface area contributed by atoms with Crippen LogP contribution in [-0.2, 0) is 17.8 Å². The second kappa shape index (κ2) is 11.9. The summed E-state index contributed by atoms with van der Waals surface area (Å²) in [6.45, 7) is 5.21. The number of benzene rings is 2. The monoisotopic (exact) mass is 373 g/mol. The maximum absolute atomic E-state index is 13.0. The Morgan fingerprint density at radius 2 is 1.85 bits per heavy atom. The molecule has 0 aliphatic heterocycles. The van der Waals surface area contributed by atoms with E-state index in [1.807, 2.05) is 31.2 Å². The number of nitrogens with one attached hydrogen (secondary N) is 2. The normalized spacial score (nSPS) is 11.3. The minimum atomic E-state index is -0.233. The van der Waals surface area contributed by atoms with E-state index in [0.29, 0.717) is 32.3 Å². The van der Waals surface area contributed by atoms with E-state index in [1.54, 1.807) is 19.2 Å². The summed E-state index contributed by atoms with van der Waals surface area (Å²) in [4.78, 5) is 4.61. The first kappa shape index (κ1) is 20.7. The lowest BCUT2D eigenvalue weighted by Gasteiger charge is -2.12. The van der Waals surface area contributed by atoms with Gasteiger partial charge in [0.2, 0.25) is 0 Å². The molecule has 0 heterocycles. The highest BCUT2D eigenvalue weighted by Crippen LogP contribution is 2.14. The van der Waals surface area contributed by atoms with Crippen molar-refractivity contribution in [3.63, 3.8) is 0 Å². The van der Waals surface area contributed by atoms with Crippen molar-refractivity contribution in [3.8, 4) is 5.75 Å². The largest absolute Gasteiger partial charge is 0.493 e. The summed E-state index contributed by atoms with van der Waals surface area (Å²) in [7, 11) is 1.69. The van der Waals surface area contributed by atoms with Crippen molar-refractivity contribution in [2.24, 2.45) is 4.99 Å². The van der Waals surface area contributed by atoms with E-state index < -0.39 is 0 Å². The van der Waals surface area contributed by atoms with Crippen molar-refractivity contribution in [2.75, 3.05) is 26.9 Å². The highest BCUT2D eigenvalue weighted by atomic mass is 19.1. The topological polar surface area (TPSA) is 54.9 Å². The van der Waals surface area contributed by atoms with Crippen LogP contribution in [0.2, 0.25) is 0 Å². The average Bonchev–Trinajstić information content (AvgIpc) is 2.69. The summed E-state index contributed by atoms with van der Waals surface area (Å²) in [6.07, 6.45) is 0.858. The molecule has 0 spiro atoms. The summed E-state index contributed by atoms with van der Waals surface area (Å²) in [5, 5.41) is 6.48. The SMILES string of the molecule is CCNC(=NCc1cccc(OCCCOC)c1)NCc1ccc(F)cc1. The zero-order valence-electron chi connectivity index (χ0n) is 16.0. The lowest BCUT2D eigenvalue weighted by atomic mass is 10.2. The highest BCUT2D eigenvalue weighted by molar-refractivity contribution is 5.79. The molecule has 2 aromatic rings. The number of ether oxygens (including phenoxy) is 2. The molecule has 0 saturated heterocycles. The number of methoxy groups -OCH3 is 1. The van der Waals surface area contributed by atoms with Gasteiger partial charge in [-0.15, -0.1) is 0 Å². The van der Waals surface area contributed by atoms with Crippen LogP contribution in [0.25, 0.3) is 0 Å². The summed E-state index contributed by atoms with van der Waals surface area (Å²) in [6, 6.07) is 14.4. The van der Waals surface area contributed by atoms with Crippen molar-refractivity contribution in [2.45, 2.75) is 26.4 Å². The fraction of sp³-hybridized carbons (Fsp3) is 0.381. The van der Waals surface area contributed by atoms with E-state index in [-0.39, 0.29) is 5.82 Å². The average molecular weight is 373 g/mol. The number of hydrogen-bond acceptors (Lipinski definition) is 3. The Hall–Kier alpha value is -2.60. The van der Waals surface area contributed by atoms with Crippen LogP contribution in [0.3, 0.4) is 0 Å². The zero-order chi connectivity index (χ0) is 19.3. The first-order valence-electron chi connectivity index (χ1n) is 9.18. The number of hydrogen-bond donors (Lipinski definition) is 2. The van der Waals surface area contributed by atoms with Crippen LogP contribution in [-0.4, -0.2) is 32.8 Å². The molecular formula is C21H28FN3O2. The Labute approximate surface area is 160 Å². The predicted molar refractivity (Wildman–Crippen MR) is 106 cm³/mol. The molecular weight excluding hydrogens is 345 g/mol. The van der Waals surface area contributed by atoms with E-state index >= 15 is 0 Å². The van der Waals surface area contributed by atoms with Crippen molar-refractivity contribution in [3.05, 3.63) is 65.5 Å². The van der Waals surface area contributed by atoms with Gasteiger partial charge in [-0.25, -0.2) is 9.38 Å². The molecule has 2 aromatic carbocycles. The molecule has 2 rings (SSSR count). The molecule has 0 bridgehead atoms. The van der Waals surface area contributed by atoms with E-state index in [4.69, 9.17) is 9.47 Å². The summed E-state index contributed by atoms with van der Waals surface area (Å²) < 4.78 is 23.7. The molecule has 5 nitrogen and oxygen atoms in total. The molecule has 0 aliphatic carbocycles. The Morgan fingerprint density at radius 1 is 1.04 bits per heavy atom. The van der Waals surface area contributed by atoms with Gasteiger partial charge >= 0.3 is 0 Å². The molecule has 0 amide bonds. The minimum absolute atomic E-state index is 0.233. The van der Waals surface area contributed by atoms with Gasteiger partial charge in [-0.05, 0) is 42.3 Å². The van der Waals surface area contributed by atoms with Gasteiger partial charge in [0.05, 0.1) is 13.2 Å². The quantitative estimate of drug-likeness (QED) is 0.380. The van der Waals surface area contributed by atoms with Crippen LogP contribution in [0.5, 0.6) is 5.75 Å². The number of aliphatic imine (C=N–C) groups is 1. The molecule has 27 heavy (non-hydrogen) atoms. The highest BCUT2D eigenvalue weighted by Gasteiger charge is 2.01. The van der Waals surface area contributed by atoms with Crippen LogP contribution in [0.15, 0.2) is 53.5 Å². The Balaban J connectivity index is 1.90. The van der Waals surface area contributed by atoms with Gasteiger partial charge in [-0.2, -0.15) is 0 Å². The van der Waals surface area contributed by atoms with Gasteiger partial charge in [-0.1, -0.05) is 24.3 Å². The van der Waals surface area contributed by atoms with E-state index in [0.717, 1.165) is 29.8 Å². The molecule has 0 aromatic heterocycles. The summed E-state index contributed by atoms with van der Waals surface area (Å²) in [5.41, 5.74) is 2.06. The zero-order valence-corrected chi connectivity index (χ0v) is 16.0. The van der Waals surface area contributed by atoms with Gasteiger partial charge in [-0.3, -0.25) is 0 Å². The molecule has 0 saturated carbocycles. The molecule has 2 N–H and O–H groups in total. The van der Waals surface area contributed by atoms with E-state index in [2.05, 4.69) is 15.6 Å². The number of halogens is 1. The first-order valence-corrected chi connectivity index (χ1v) is 9.18. The smallest absolute Gasteiger partial charge is 0.191 e. The third-order valence-corrected chi connectivity index (χ3v) is 3.80. The predicted octanol–water partition coefficient (Wildman–Crippen LogP) is 3.50.